The number of benzene rings is 1. The summed E-state index contributed by atoms with van der Waals surface area (Å²) in [5.41, 5.74) is 0. The predicted molar refractivity (Wildman–Crippen MR) is 91.0 cm³/mol. The van der Waals surface area contributed by atoms with E-state index in [1.807, 2.05) is 0 Å². The summed E-state index contributed by atoms with van der Waals surface area (Å²) in [5, 5.41) is 1.10. The smallest absolute Gasteiger partial charge is 0.350 e. The van der Waals surface area contributed by atoms with E-state index in [0.29, 0.717) is 25.4 Å². The van der Waals surface area contributed by atoms with E-state index < -0.39 is 19.1 Å². The number of ether oxygens (including phenoxy) is 2. The molecular formula is C15H10Cl2F2N2O3S. The molecule has 0 aliphatic rings. The number of carbonyl (C=O) groups is 1. The highest BCUT2D eigenvalue weighted by Gasteiger charge is 2.22. The van der Waals surface area contributed by atoms with Crippen molar-refractivity contribution in [3.63, 3.8) is 0 Å². The lowest BCUT2D eigenvalue weighted by Gasteiger charge is -2.06. The number of rotatable bonds is 5. The summed E-state index contributed by atoms with van der Waals surface area (Å²) >= 11 is 13.5. The quantitative estimate of drug-likeness (QED) is 0.548. The Balaban J connectivity index is 1.86. The van der Waals surface area contributed by atoms with E-state index in [1.165, 1.54) is 13.3 Å². The van der Waals surface area contributed by atoms with Gasteiger partial charge in [-0.3, -0.25) is 4.57 Å². The first-order valence-corrected chi connectivity index (χ1v) is 8.42. The second-order valence-electron chi connectivity index (χ2n) is 4.81. The van der Waals surface area contributed by atoms with E-state index in [2.05, 4.69) is 4.98 Å². The number of hydrogen-bond acceptors (Lipinski definition) is 5. The van der Waals surface area contributed by atoms with Gasteiger partial charge in [0.2, 0.25) is 0 Å². The van der Waals surface area contributed by atoms with Gasteiger partial charge in [-0.15, -0.1) is 11.3 Å². The second kappa shape index (κ2) is 7.15. The Kier molecular flexibility index (Phi) is 5.12. The molecule has 0 bridgehead atoms. The average Bonchev–Trinajstić information content (AvgIpc) is 3.18. The zero-order valence-electron chi connectivity index (χ0n) is 12.6. The van der Waals surface area contributed by atoms with Crippen LogP contribution in [0.4, 0.5) is 8.78 Å². The molecule has 0 spiro atoms. The van der Waals surface area contributed by atoms with E-state index in [1.54, 1.807) is 12.1 Å². The van der Waals surface area contributed by atoms with Crippen LogP contribution in [0, 0.1) is 0 Å². The van der Waals surface area contributed by atoms with Crippen LogP contribution in [-0.4, -0.2) is 22.6 Å². The van der Waals surface area contributed by atoms with Gasteiger partial charge in [-0.2, -0.15) is 8.78 Å². The number of fused-ring (bicyclic) bond motifs is 1. The fraction of sp³-hybridized carbons (Fsp3) is 0.200. The number of thiophene rings is 1. The summed E-state index contributed by atoms with van der Waals surface area (Å²) in [6.45, 7) is -3.17. The molecule has 3 rings (SSSR count). The van der Waals surface area contributed by atoms with Crippen LogP contribution in [0.5, 0.6) is 5.75 Å². The molecule has 1 aromatic carbocycles. The van der Waals surface area contributed by atoms with Crippen LogP contribution >= 0.6 is 34.5 Å². The Morgan fingerprint density at radius 3 is 2.80 bits per heavy atom. The van der Waals surface area contributed by atoms with Gasteiger partial charge in [0.05, 0.1) is 16.8 Å². The maximum atomic E-state index is 12.8. The lowest BCUT2D eigenvalue weighted by Crippen LogP contribution is -2.09. The van der Waals surface area contributed by atoms with Crippen molar-refractivity contribution in [1.82, 2.24) is 9.55 Å². The molecule has 10 heteroatoms. The number of methoxy groups -OCH3 is 1. The number of imidazole rings is 1. The van der Waals surface area contributed by atoms with Gasteiger partial charge in [0.1, 0.15) is 22.3 Å². The second-order valence-corrected chi connectivity index (χ2v) is 6.58. The first-order valence-electron chi connectivity index (χ1n) is 6.85. The molecule has 0 fully saturated rings. The van der Waals surface area contributed by atoms with Gasteiger partial charge in [0.25, 0.3) is 0 Å². The molecule has 0 aliphatic heterocycles. The minimum Gasteiger partial charge on any atom is -0.495 e. The van der Waals surface area contributed by atoms with Crippen LogP contribution in [0.15, 0.2) is 24.5 Å². The van der Waals surface area contributed by atoms with Crippen molar-refractivity contribution < 1.29 is 23.0 Å². The fourth-order valence-electron chi connectivity index (χ4n) is 2.20. The highest BCUT2D eigenvalue weighted by atomic mass is 35.5. The lowest BCUT2D eigenvalue weighted by molar-refractivity contribution is 0.0380. The van der Waals surface area contributed by atoms with E-state index >= 15 is 0 Å². The lowest BCUT2D eigenvalue weighted by atomic mass is 10.2. The summed E-state index contributed by atoms with van der Waals surface area (Å²) in [6.07, 6.45) is 2.31. The molecule has 0 N–H and O–H groups in total. The van der Waals surface area contributed by atoms with E-state index in [-0.39, 0.29) is 15.7 Å². The van der Waals surface area contributed by atoms with Crippen molar-refractivity contribution in [2.45, 2.75) is 13.2 Å². The standard InChI is InChI=1S/C15H10Cl2F2N2O3S/c1-23-8-3-2-7-10(16)13(25-12(7)11(8)17)14(22)24-6-9-20-4-5-21(9)15(18)19/h2-5,15H,6H2,1H3. The van der Waals surface area contributed by atoms with Gasteiger partial charge in [-0.25, -0.2) is 9.78 Å². The largest absolute Gasteiger partial charge is 0.495 e. The summed E-state index contributed by atoms with van der Waals surface area (Å²) in [7, 11) is 1.47. The van der Waals surface area contributed by atoms with Gasteiger partial charge >= 0.3 is 12.5 Å². The van der Waals surface area contributed by atoms with Gasteiger partial charge in [0.15, 0.2) is 5.82 Å². The summed E-state index contributed by atoms with van der Waals surface area (Å²) in [4.78, 5) is 16.2. The molecule has 2 aromatic heterocycles. The van der Waals surface area contributed by atoms with Crippen LogP contribution in [0.1, 0.15) is 22.0 Å². The normalized spacial score (nSPS) is 11.3. The Morgan fingerprint density at radius 2 is 2.12 bits per heavy atom. The molecule has 2 heterocycles. The summed E-state index contributed by atoms with van der Waals surface area (Å²) in [5.74, 6) is -0.365. The van der Waals surface area contributed by atoms with Crippen molar-refractivity contribution in [3.8, 4) is 5.75 Å². The predicted octanol–water partition coefficient (Wildman–Crippen LogP) is 5.17. The Labute approximate surface area is 154 Å². The van der Waals surface area contributed by atoms with Gasteiger partial charge in [-0.05, 0) is 12.1 Å². The zero-order chi connectivity index (χ0) is 18.1. The third kappa shape index (κ3) is 3.29. The van der Waals surface area contributed by atoms with Gasteiger partial charge < -0.3 is 9.47 Å². The molecule has 132 valence electrons. The summed E-state index contributed by atoms with van der Waals surface area (Å²) < 4.78 is 36.9. The van der Waals surface area contributed by atoms with Crippen molar-refractivity contribution in [2.75, 3.05) is 7.11 Å². The Morgan fingerprint density at radius 1 is 1.36 bits per heavy atom. The van der Waals surface area contributed by atoms with Crippen molar-refractivity contribution in [2.24, 2.45) is 0 Å². The Hall–Kier alpha value is -1.90. The van der Waals surface area contributed by atoms with Crippen molar-refractivity contribution in [1.29, 1.82) is 0 Å². The number of esters is 1. The monoisotopic (exact) mass is 406 g/mol. The highest BCUT2D eigenvalue weighted by molar-refractivity contribution is 7.22. The van der Waals surface area contributed by atoms with E-state index in [4.69, 9.17) is 32.7 Å². The molecular weight excluding hydrogens is 397 g/mol. The van der Waals surface area contributed by atoms with Crippen LogP contribution in [0.3, 0.4) is 0 Å². The number of carbonyl (C=O) groups excluding carboxylic acids is 1. The minimum absolute atomic E-state index is 0.0692. The molecule has 0 saturated heterocycles. The molecule has 25 heavy (non-hydrogen) atoms. The molecule has 0 amide bonds. The molecule has 0 radical (unpaired) electrons. The topological polar surface area (TPSA) is 53.4 Å². The number of halogens is 4. The number of hydrogen-bond donors (Lipinski definition) is 0. The van der Waals surface area contributed by atoms with Crippen LogP contribution in [0.2, 0.25) is 10.0 Å². The average molecular weight is 407 g/mol. The van der Waals surface area contributed by atoms with Crippen molar-refractivity contribution in [3.05, 3.63) is 45.3 Å². The Bertz CT molecular complexity index is 942. The van der Waals surface area contributed by atoms with Crippen LogP contribution in [-0.2, 0) is 11.3 Å². The first-order chi connectivity index (χ1) is 11.9. The number of nitrogens with zero attached hydrogens (tertiary/aromatic N) is 2. The minimum atomic E-state index is -2.77. The van der Waals surface area contributed by atoms with Gasteiger partial charge in [-0.1, -0.05) is 23.2 Å². The molecule has 0 atom stereocenters. The third-order valence-corrected chi connectivity index (χ3v) is 5.59. The van der Waals surface area contributed by atoms with Crippen LogP contribution < -0.4 is 4.74 Å². The molecule has 3 aromatic rings. The van der Waals surface area contributed by atoms with E-state index in [9.17, 15) is 13.6 Å². The van der Waals surface area contributed by atoms with Crippen molar-refractivity contribution >= 4 is 50.6 Å². The fourth-order valence-corrected chi connectivity index (χ4v) is 3.98. The van der Waals surface area contributed by atoms with E-state index in [0.717, 1.165) is 17.5 Å². The third-order valence-electron chi connectivity index (χ3n) is 3.40. The summed E-state index contributed by atoms with van der Waals surface area (Å²) in [6, 6.07) is 3.32. The number of alkyl halides is 2. The van der Waals surface area contributed by atoms with Gasteiger partial charge in [0, 0.05) is 17.8 Å². The maximum Gasteiger partial charge on any atom is 0.350 e. The van der Waals surface area contributed by atoms with Crippen LogP contribution in [0.25, 0.3) is 10.1 Å². The molecule has 0 unspecified atom stereocenters. The SMILES string of the molecule is COc1ccc2c(Cl)c(C(=O)OCc3nccn3C(F)F)sc2c1Cl. The molecule has 0 aliphatic carbocycles. The molecule has 5 nitrogen and oxygen atoms in total. The highest BCUT2D eigenvalue weighted by Crippen LogP contribution is 2.43. The first kappa shape index (κ1) is 17.9. The maximum absolute atomic E-state index is 12.8. The molecule has 0 saturated carbocycles. The zero-order valence-corrected chi connectivity index (χ0v) is 15.0. The number of aromatic nitrogens is 2.